The number of thiazole rings is 1. The predicted octanol–water partition coefficient (Wildman–Crippen LogP) is 2.74. The van der Waals surface area contributed by atoms with Gasteiger partial charge in [-0.1, -0.05) is 13.8 Å². The molecule has 0 spiro atoms. The van der Waals surface area contributed by atoms with E-state index in [1.807, 2.05) is 14.0 Å². The Morgan fingerprint density at radius 2 is 2.05 bits per heavy atom. The first-order valence-electron chi connectivity index (χ1n) is 5.84. The van der Waals surface area contributed by atoms with Gasteiger partial charge in [0.25, 0.3) is 5.91 Å². The summed E-state index contributed by atoms with van der Waals surface area (Å²) < 4.78 is 0. The molecule has 1 heterocycles. The van der Waals surface area contributed by atoms with Gasteiger partial charge in [-0.05, 0) is 19.3 Å². The average molecular weight is 328 g/mol. The number of aromatic nitrogens is 1. The van der Waals surface area contributed by atoms with Crippen LogP contribution in [0.1, 0.15) is 35.6 Å². The van der Waals surface area contributed by atoms with Crippen LogP contribution in [0.25, 0.3) is 0 Å². The van der Waals surface area contributed by atoms with Crippen LogP contribution in [0.2, 0.25) is 0 Å². The molecule has 0 bridgehead atoms. The number of hydrogen-bond acceptors (Lipinski definition) is 4. The highest BCUT2D eigenvalue weighted by molar-refractivity contribution is 7.11. The SMILES string of the molecule is Cc1ncsc1C(=O)N(C)CCC(N)C(C)C.Cl.Cl. The zero-order chi connectivity index (χ0) is 13.0. The molecule has 0 aliphatic heterocycles. The number of carbonyl (C=O) groups is 1. The van der Waals surface area contributed by atoms with Crippen molar-refractivity contribution < 1.29 is 4.79 Å². The van der Waals surface area contributed by atoms with Crippen LogP contribution in [0.3, 0.4) is 0 Å². The van der Waals surface area contributed by atoms with Crippen LogP contribution < -0.4 is 5.73 Å². The average Bonchev–Trinajstić information content (AvgIpc) is 2.70. The van der Waals surface area contributed by atoms with Crippen molar-refractivity contribution in [2.45, 2.75) is 33.2 Å². The highest BCUT2D eigenvalue weighted by Crippen LogP contribution is 2.15. The molecule has 4 nitrogen and oxygen atoms in total. The van der Waals surface area contributed by atoms with E-state index < -0.39 is 0 Å². The lowest BCUT2D eigenvalue weighted by Crippen LogP contribution is -2.34. The zero-order valence-corrected chi connectivity index (χ0v) is 14.2. The van der Waals surface area contributed by atoms with E-state index in [2.05, 4.69) is 18.8 Å². The quantitative estimate of drug-likeness (QED) is 0.904. The molecular weight excluding hydrogens is 305 g/mol. The molecule has 2 N–H and O–H groups in total. The molecule has 1 aromatic rings. The highest BCUT2D eigenvalue weighted by atomic mass is 35.5. The minimum atomic E-state index is 0. The fourth-order valence-electron chi connectivity index (χ4n) is 1.46. The maximum atomic E-state index is 12.1. The Kier molecular flexibility index (Phi) is 10.5. The molecule has 7 heteroatoms. The van der Waals surface area contributed by atoms with Crippen molar-refractivity contribution in [2.24, 2.45) is 11.7 Å². The van der Waals surface area contributed by atoms with Crippen LogP contribution in [0.5, 0.6) is 0 Å². The summed E-state index contributed by atoms with van der Waals surface area (Å²) in [5.74, 6) is 0.490. The highest BCUT2D eigenvalue weighted by Gasteiger charge is 2.17. The second-order valence-electron chi connectivity index (χ2n) is 4.69. The number of carbonyl (C=O) groups excluding carboxylic acids is 1. The van der Waals surface area contributed by atoms with E-state index in [1.54, 1.807) is 10.4 Å². The first-order valence-corrected chi connectivity index (χ1v) is 6.72. The number of halogens is 2. The van der Waals surface area contributed by atoms with Crippen LogP contribution in [-0.2, 0) is 0 Å². The second kappa shape index (κ2) is 9.53. The summed E-state index contributed by atoms with van der Waals surface area (Å²) in [5, 5.41) is 0. The molecule has 0 aliphatic rings. The third kappa shape index (κ3) is 6.08. The van der Waals surface area contributed by atoms with E-state index in [-0.39, 0.29) is 36.8 Å². The third-order valence-electron chi connectivity index (χ3n) is 2.94. The van der Waals surface area contributed by atoms with Crippen molar-refractivity contribution in [1.29, 1.82) is 0 Å². The van der Waals surface area contributed by atoms with Crippen LogP contribution in [0.15, 0.2) is 5.51 Å². The molecule has 0 fully saturated rings. The number of nitrogens with zero attached hydrogens (tertiary/aromatic N) is 2. The zero-order valence-electron chi connectivity index (χ0n) is 11.8. The van der Waals surface area contributed by atoms with Crippen molar-refractivity contribution in [3.8, 4) is 0 Å². The van der Waals surface area contributed by atoms with Gasteiger partial charge in [0.1, 0.15) is 4.88 Å². The van der Waals surface area contributed by atoms with Crippen molar-refractivity contribution in [1.82, 2.24) is 9.88 Å². The molecule has 112 valence electrons. The van der Waals surface area contributed by atoms with Gasteiger partial charge < -0.3 is 10.6 Å². The summed E-state index contributed by atoms with van der Waals surface area (Å²) in [6.07, 6.45) is 0.831. The topological polar surface area (TPSA) is 59.2 Å². The van der Waals surface area contributed by atoms with E-state index in [9.17, 15) is 4.79 Å². The maximum Gasteiger partial charge on any atom is 0.265 e. The molecule has 0 saturated heterocycles. The number of aryl methyl sites for hydroxylation is 1. The number of nitrogens with two attached hydrogens (primary N) is 1. The largest absolute Gasteiger partial charge is 0.341 e. The van der Waals surface area contributed by atoms with Crippen LogP contribution in [0.4, 0.5) is 0 Å². The normalized spacial score (nSPS) is 11.5. The molecule has 19 heavy (non-hydrogen) atoms. The molecule has 0 saturated carbocycles. The maximum absolute atomic E-state index is 12.1. The van der Waals surface area contributed by atoms with E-state index in [1.165, 1.54) is 11.3 Å². The lowest BCUT2D eigenvalue weighted by Gasteiger charge is -2.21. The minimum absolute atomic E-state index is 0. The van der Waals surface area contributed by atoms with Crippen LogP contribution in [-0.4, -0.2) is 35.4 Å². The number of hydrogen-bond donors (Lipinski definition) is 1. The smallest absolute Gasteiger partial charge is 0.265 e. The second-order valence-corrected chi connectivity index (χ2v) is 5.54. The van der Waals surface area contributed by atoms with Gasteiger partial charge in [0.2, 0.25) is 0 Å². The Hall–Kier alpha value is -0.360. The molecule has 1 rings (SSSR count). The molecular formula is C12H23Cl2N3OS. The molecule has 1 atom stereocenters. The Morgan fingerprint density at radius 3 is 2.47 bits per heavy atom. The standard InChI is InChI=1S/C12H21N3OS.2ClH/c1-8(2)10(13)5-6-15(4)12(16)11-9(3)14-7-17-11;;/h7-8,10H,5-6,13H2,1-4H3;2*1H. The lowest BCUT2D eigenvalue weighted by atomic mass is 10.0. The molecule has 1 unspecified atom stereocenters. The van der Waals surface area contributed by atoms with E-state index in [0.717, 1.165) is 17.0 Å². The number of amides is 1. The number of rotatable bonds is 5. The summed E-state index contributed by atoms with van der Waals surface area (Å²) in [6, 6.07) is 0.146. The van der Waals surface area contributed by atoms with Gasteiger partial charge in [-0.3, -0.25) is 4.79 Å². The van der Waals surface area contributed by atoms with E-state index in [0.29, 0.717) is 12.5 Å². The van der Waals surface area contributed by atoms with Gasteiger partial charge in [-0.25, -0.2) is 4.98 Å². The van der Waals surface area contributed by atoms with E-state index in [4.69, 9.17) is 5.73 Å². The monoisotopic (exact) mass is 327 g/mol. The first kappa shape index (κ1) is 20.9. The van der Waals surface area contributed by atoms with Crippen molar-refractivity contribution in [3.05, 3.63) is 16.1 Å². The molecule has 1 amide bonds. The summed E-state index contributed by atoms with van der Waals surface area (Å²) in [7, 11) is 1.81. The Balaban J connectivity index is 0. The summed E-state index contributed by atoms with van der Waals surface area (Å²) in [4.78, 5) is 18.6. The third-order valence-corrected chi connectivity index (χ3v) is 3.86. The molecule has 1 aromatic heterocycles. The van der Waals surface area contributed by atoms with Gasteiger partial charge in [0, 0.05) is 19.6 Å². The fraction of sp³-hybridized carbons (Fsp3) is 0.667. The summed E-state index contributed by atoms with van der Waals surface area (Å²) >= 11 is 1.39. The van der Waals surface area contributed by atoms with Crippen LogP contribution in [0, 0.1) is 12.8 Å². The Labute approximate surface area is 131 Å². The Morgan fingerprint density at radius 1 is 1.47 bits per heavy atom. The van der Waals surface area contributed by atoms with Crippen molar-refractivity contribution >= 4 is 42.1 Å². The first-order chi connectivity index (χ1) is 7.93. The van der Waals surface area contributed by atoms with Gasteiger partial charge in [0.15, 0.2) is 0 Å². The minimum Gasteiger partial charge on any atom is -0.341 e. The van der Waals surface area contributed by atoms with E-state index >= 15 is 0 Å². The summed E-state index contributed by atoms with van der Waals surface area (Å²) in [5.41, 5.74) is 8.48. The predicted molar refractivity (Wildman–Crippen MR) is 85.7 cm³/mol. The molecule has 0 aliphatic carbocycles. The Bertz CT molecular complexity index is 385. The van der Waals surface area contributed by atoms with Gasteiger partial charge in [-0.2, -0.15) is 0 Å². The fourth-order valence-corrected chi connectivity index (χ4v) is 2.25. The van der Waals surface area contributed by atoms with Crippen molar-refractivity contribution in [2.75, 3.05) is 13.6 Å². The van der Waals surface area contributed by atoms with Gasteiger partial charge >= 0.3 is 0 Å². The molecule has 0 radical (unpaired) electrons. The van der Waals surface area contributed by atoms with Crippen LogP contribution >= 0.6 is 36.2 Å². The summed E-state index contributed by atoms with van der Waals surface area (Å²) in [6.45, 7) is 6.74. The lowest BCUT2D eigenvalue weighted by molar-refractivity contribution is 0.0793. The van der Waals surface area contributed by atoms with Gasteiger partial charge in [-0.15, -0.1) is 36.2 Å². The van der Waals surface area contributed by atoms with Gasteiger partial charge in [0.05, 0.1) is 11.2 Å². The molecule has 0 aromatic carbocycles. The van der Waals surface area contributed by atoms with Crippen molar-refractivity contribution in [3.63, 3.8) is 0 Å².